The fourth-order valence-corrected chi connectivity index (χ4v) is 5.58. The predicted molar refractivity (Wildman–Crippen MR) is 141 cm³/mol. The fraction of sp³-hybridized carbons (Fsp3) is 0.0909. The van der Waals surface area contributed by atoms with Gasteiger partial charge >= 0.3 is 0 Å². The van der Waals surface area contributed by atoms with E-state index in [9.17, 15) is 4.79 Å². The van der Waals surface area contributed by atoms with Crippen LogP contribution in [-0.2, 0) is 5.75 Å². The molecule has 0 atom stereocenters. The number of nitrogens with zero attached hydrogens (tertiary/aromatic N) is 3. The highest BCUT2D eigenvalue weighted by atomic mass is 35.5. The molecule has 4 rings (SSSR count). The number of nitrogens with one attached hydrogen (secondary N) is 1. The number of thiazole rings is 1. The molecule has 0 saturated carbocycles. The lowest BCUT2D eigenvalue weighted by Gasteiger charge is -2.09. The molecule has 0 radical (unpaired) electrons. The van der Waals surface area contributed by atoms with E-state index < -0.39 is 5.91 Å². The average molecular weight is 553 g/mol. The van der Waals surface area contributed by atoms with E-state index in [1.807, 2.05) is 36.4 Å². The molecule has 0 fully saturated rings. The number of hydrogen-bond donors (Lipinski definition) is 2. The van der Waals surface area contributed by atoms with Crippen molar-refractivity contribution in [2.75, 3.05) is 12.8 Å². The first-order valence-corrected chi connectivity index (χ1v) is 12.6. The number of aromatic nitrogens is 2. The van der Waals surface area contributed by atoms with Crippen LogP contribution in [0.15, 0.2) is 51.9 Å². The number of para-hydroxylation sites is 1. The number of ether oxygens (including phenoxy) is 1. The Kier molecular flexibility index (Phi) is 7.80. The molecule has 7 nitrogen and oxygen atoms in total. The van der Waals surface area contributed by atoms with Crippen LogP contribution in [0.2, 0.25) is 15.2 Å². The standard InChI is InChI=1S/C22H16Cl3N5O2S2/c1-32-14-7-6-11(8-12(14)10-33-22-28-13-4-2-3-5-15(13)34-22)9-27-30-21(31)19-16(23)18(26)17(24)20(25)29-19/h2-9H,10H2,1H3,(H2,26,29)(H,30,31)/b27-9+. The number of rotatable bonds is 7. The molecule has 4 aromatic rings. The number of carbonyl (C=O) groups is 1. The molecule has 1 amide bonds. The molecular weight excluding hydrogens is 537 g/mol. The van der Waals surface area contributed by atoms with E-state index in [4.69, 9.17) is 45.3 Å². The molecule has 0 unspecified atom stereocenters. The van der Waals surface area contributed by atoms with E-state index in [1.165, 1.54) is 6.21 Å². The quantitative estimate of drug-likeness (QED) is 0.121. The zero-order valence-electron chi connectivity index (χ0n) is 17.5. The van der Waals surface area contributed by atoms with Crippen LogP contribution in [0.4, 0.5) is 5.69 Å². The third kappa shape index (κ3) is 5.39. The van der Waals surface area contributed by atoms with Crippen LogP contribution in [-0.4, -0.2) is 29.2 Å². The molecule has 0 aliphatic heterocycles. The lowest BCUT2D eigenvalue weighted by Crippen LogP contribution is -2.20. The Labute approximate surface area is 218 Å². The summed E-state index contributed by atoms with van der Waals surface area (Å²) in [4.78, 5) is 20.9. The Morgan fingerprint density at radius 1 is 1.21 bits per heavy atom. The normalized spacial score (nSPS) is 11.3. The number of anilines is 1. The molecule has 2 aromatic carbocycles. The van der Waals surface area contributed by atoms with Crippen LogP contribution in [0.25, 0.3) is 10.2 Å². The highest BCUT2D eigenvalue weighted by Gasteiger charge is 2.19. The molecule has 174 valence electrons. The van der Waals surface area contributed by atoms with Gasteiger partial charge < -0.3 is 10.5 Å². The van der Waals surface area contributed by atoms with Crippen LogP contribution >= 0.6 is 57.9 Å². The van der Waals surface area contributed by atoms with Crippen LogP contribution in [0.1, 0.15) is 21.6 Å². The minimum atomic E-state index is -0.674. The van der Waals surface area contributed by atoms with Crippen LogP contribution in [0, 0.1) is 0 Å². The van der Waals surface area contributed by atoms with Gasteiger partial charge in [-0.3, -0.25) is 4.79 Å². The first-order chi connectivity index (χ1) is 16.4. The monoisotopic (exact) mass is 551 g/mol. The van der Waals surface area contributed by atoms with Gasteiger partial charge in [0.1, 0.15) is 10.8 Å². The second kappa shape index (κ2) is 10.8. The van der Waals surface area contributed by atoms with Crippen molar-refractivity contribution in [3.8, 4) is 5.75 Å². The largest absolute Gasteiger partial charge is 0.496 e. The van der Waals surface area contributed by atoms with Crippen molar-refractivity contribution in [2.45, 2.75) is 10.1 Å². The van der Waals surface area contributed by atoms with Gasteiger partial charge in [0, 0.05) is 11.3 Å². The maximum absolute atomic E-state index is 12.4. The lowest BCUT2D eigenvalue weighted by molar-refractivity contribution is 0.0950. The molecule has 0 bridgehead atoms. The topological polar surface area (TPSA) is 102 Å². The number of hydrazone groups is 1. The van der Waals surface area contributed by atoms with E-state index >= 15 is 0 Å². The summed E-state index contributed by atoms with van der Waals surface area (Å²) < 4.78 is 7.61. The molecule has 0 saturated heterocycles. The first kappa shape index (κ1) is 24.6. The fourth-order valence-electron chi connectivity index (χ4n) is 2.94. The lowest BCUT2D eigenvalue weighted by atomic mass is 10.1. The van der Waals surface area contributed by atoms with Gasteiger partial charge in [-0.15, -0.1) is 11.3 Å². The molecule has 2 aromatic heterocycles. The number of hydrogen-bond acceptors (Lipinski definition) is 8. The van der Waals surface area contributed by atoms with Gasteiger partial charge in [0.05, 0.1) is 34.3 Å². The molecule has 12 heteroatoms. The van der Waals surface area contributed by atoms with Crippen molar-refractivity contribution in [2.24, 2.45) is 5.10 Å². The molecule has 0 aliphatic rings. The van der Waals surface area contributed by atoms with Gasteiger partial charge in [0.2, 0.25) is 0 Å². The molecule has 0 spiro atoms. The molecule has 3 N–H and O–H groups in total. The molecule has 34 heavy (non-hydrogen) atoms. The smallest absolute Gasteiger partial charge is 0.291 e. The van der Waals surface area contributed by atoms with E-state index in [2.05, 4.69) is 26.6 Å². The van der Waals surface area contributed by atoms with Gasteiger partial charge in [0.15, 0.2) is 15.2 Å². The number of carbonyl (C=O) groups excluding carboxylic acids is 1. The highest BCUT2D eigenvalue weighted by molar-refractivity contribution is 8.00. The molecule has 0 aliphatic carbocycles. The maximum Gasteiger partial charge on any atom is 0.291 e. The summed E-state index contributed by atoms with van der Waals surface area (Å²) in [6, 6.07) is 13.6. The van der Waals surface area contributed by atoms with Crippen molar-refractivity contribution in [1.82, 2.24) is 15.4 Å². The van der Waals surface area contributed by atoms with E-state index in [-0.39, 0.29) is 26.6 Å². The number of thioether (sulfide) groups is 1. The Balaban J connectivity index is 1.46. The van der Waals surface area contributed by atoms with Crippen molar-refractivity contribution in [1.29, 1.82) is 0 Å². The second-order valence-corrected chi connectivity index (χ2v) is 10.2. The zero-order chi connectivity index (χ0) is 24.2. The molecule has 2 heterocycles. The summed E-state index contributed by atoms with van der Waals surface area (Å²) >= 11 is 21.1. The maximum atomic E-state index is 12.4. The summed E-state index contributed by atoms with van der Waals surface area (Å²) in [6.07, 6.45) is 1.50. The average Bonchev–Trinajstić information content (AvgIpc) is 3.26. The number of fused-ring (bicyclic) bond motifs is 1. The Hall–Kier alpha value is -2.56. The number of methoxy groups -OCH3 is 1. The highest BCUT2D eigenvalue weighted by Crippen LogP contribution is 2.35. The Morgan fingerprint density at radius 2 is 2.00 bits per heavy atom. The minimum absolute atomic E-state index is 0.0128. The van der Waals surface area contributed by atoms with Crippen molar-refractivity contribution in [3.63, 3.8) is 0 Å². The van der Waals surface area contributed by atoms with Crippen LogP contribution < -0.4 is 15.9 Å². The van der Waals surface area contributed by atoms with Gasteiger partial charge in [-0.25, -0.2) is 15.4 Å². The first-order valence-electron chi connectivity index (χ1n) is 9.66. The van der Waals surface area contributed by atoms with E-state index in [0.717, 1.165) is 31.4 Å². The summed E-state index contributed by atoms with van der Waals surface area (Å²) in [7, 11) is 1.62. The van der Waals surface area contributed by atoms with Gasteiger partial charge in [-0.1, -0.05) is 58.7 Å². The predicted octanol–water partition coefficient (Wildman–Crippen LogP) is 6.30. The summed E-state index contributed by atoms with van der Waals surface area (Å²) in [5, 5.41) is 3.76. The number of pyridine rings is 1. The summed E-state index contributed by atoms with van der Waals surface area (Å²) in [6.45, 7) is 0. The Morgan fingerprint density at radius 3 is 2.76 bits per heavy atom. The number of halogens is 3. The Bertz CT molecular complexity index is 1380. The minimum Gasteiger partial charge on any atom is -0.496 e. The van der Waals surface area contributed by atoms with Crippen LogP contribution in [0.3, 0.4) is 0 Å². The number of nitrogens with two attached hydrogens (primary N) is 1. The van der Waals surface area contributed by atoms with Crippen molar-refractivity contribution in [3.05, 3.63) is 74.5 Å². The van der Waals surface area contributed by atoms with Gasteiger partial charge in [-0.05, 0) is 35.9 Å². The zero-order valence-corrected chi connectivity index (χ0v) is 21.4. The summed E-state index contributed by atoms with van der Waals surface area (Å²) in [5.41, 5.74) is 10.6. The molecular formula is C22H16Cl3N5O2S2. The van der Waals surface area contributed by atoms with Crippen molar-refractivity contribution < 1.29 is 9.53 Å². The third-order valence-corrected chi connectivity index (χ3v) is 7.96. The number of amides is 1. The summed E-state index contributed by atoms with van der Waals surface area (Å²) in [5.74, 6) is 0.725. The number of nitrogen functional groups attached to an aromatic ring is 1. The number of benzene rings is 2. The van der Waals surface area contributed by atoms with Crippen LogP contribution in [0.5, 0.6) is 5.75 Å². The van der Waals surface area contributed by atoms with Gasteiger partial charge in [0.25, 0.3) is 5.91 Å². The van der Waals surface area contributed by atoms with E-state index in [0.29, 0.717) is 5.75 Å². The second-order valence-electron chi connectivity index (χ2n) is 6.80. The van der Waals surface area contributed by atoms with Crippen molar-refractivity contribution >= 4 is 85.9 Å². The SMILES string of the molecule is COc1ccc(/C=N/NC(=O)c2nc(Cl)c(Cl)c(N)c2Cl)cc1CSc1nc2ccccc2s1. The van der Waals surface area contributed by atoms with E-state index in [1.54, 1.807) is 30.2 Å². The third-order valence-electron chi connectivity index (χ3n) is 4.60. The van der Waals surface area contributed by atoms with Gasteiger partial charge in [-0.2, -0.15) is 5.10 Å².